The molecule has 3 N–H and O–H groups in total. The molecule has 0 aliphatic rings. The first-order valence-corrected chi connectivity index (χ1v) is 5.29. The van der Waals surface area contributed by atoms with Crippen molar-refractivity contribution in [1.29, 1.82) is 0 Å². The molecule has 15 heavy (non-hydrogen) atoms. The lowest BCUT2D eigenvalue weighted by Gasteiger charge is -2.02. The molecule has 1 rings (SSSR count). The molecule has 0 saturated carbocycles. The maximum atomic E-state index is 11.3. The molecule has 1 aromatic rings. The van der Waals surface area contributed by atoms with Crippen LogP contribution in [0.25, 0.3) is 0 Å². The monoisotopic (exact) mass is 206 g/mol. The summed E-state index contributed by atoms with van der Waals surface area (Å²) >= 11 is 0. The molecule has 0 radical (unpaired) electrons. The van der Waals surface area contributed by atoms with E-state index in [2.05, 4.69) is 5.32 Å². The van der Waals surface area contributed by atoms with Gasteiger partial charge in [0.2, 0.25) is 0 Å². The number of nitrogens with one attached hydrogen (secondary N) is 1. The second-order valence-electron chi connectivity index (χ2n) is 3.52. The Morgan fingerprint density at radius 2 is 1.93 bits per heavy atom. The van der Waals surface area contributed by atoms with Gasteiger partial charge in [0, 0.05) is 12.6 Å². The van der Waals surface area contributed by atoms with Gasteiger partial charge in [-0.2, -0.15) is 0 Å². The third-order valence-corrected chi connectivity index (χ3v) is 2.36. The molecule has 0 bridgehead atoms. The molecule has 3 heteroatoms. The first-order chi connectivity index (χ1) is 7.27. The van der Waals surface area contributed by atoms with Crippen molar-refractivity contribution in [3.05, 3.63) is 35.4 Å². The summed E-state index contributed by atoms with van der Waals surface area (Å²) in [6.45, 7) is 0.746. The van der Waals surface area contributed by atoms with E-state index in [9.17, 15) is 4.79 Å². The van der Waals surface area contributed by atoms with E-state index in [1.807, 2.05) is 24.3 Å². The molecular formula is C12H18N2O. The smallest absolute Gasteiger partial charge is 0.251 e. The van der Waals surface area contributed by atoms with Crippen molar-refractivity contribution < 1.29 is 4.79 Å². The Morgan fingerprint density at radius 3 is 2.47 bits per heavy atom. The molecule has 0 atom stereocenters. The Balaban J connectivity index is 2.52. The molecule has 0 aliphatic carbocycles. The molecule has 82 valence electrons. The van der Waals surface area contributed by atoms with E-state index in [1.165, 1.54) is 5.56 Å². The lowest BCUT2D eigenvalue weighted by molar-refractivity contribution is 0.0963. The summed E-state index contributed by atoms with van der Waals surface area (Å²) in [5, 5.41) is 2.60. The van der Waals surface area contributed by atoms with Crippen LogP contribution in [0.1, 0.15) is 28.8 Å². The van der Waals surface area contributed by atoms with Gasteiger partial charge in [0.05, 0.1) is 0 Å². The van der Waals surface area contributed by atoms with Crippen LogP contribution in [0.5, 0.6) is 0 Å². The zero-order valence-electron chi connectivity index (χ0n) is 9.12. The Morgan fingerprint density at radius 1 is 1.27 bits per heavy atom. The Bertz CT molecular complexity index is 306. The van der Waals surface area contributed by atoms with Crippen LogP contribution in [0, 0.1) is 0 Å². The van der Waals surface area contributed by atoms with Crippen LogP contribution in [0.3, 0.4) is 0 Å². The zero-order valence-corrected chi connectivity index (χ0v) is 9.12. The number of rotatable bonds is 5. The molecular weight excluding hydrogens is 188 g/mol. The fourth-order valence-corrected chi connectivity index (χ4v) is 1.44. The molecule has 0 heterocycles. The second kappa shape index (κ2) is 6.19. The van der Waals surface area contributed by atoms with Crippen LogP contribution >= 0.6 is 0 Å². The summed E-state index contributed by atoms with van der Waals surface area (Å²) in [5.74, 6) is -0.0384. The number of benzene rings is 1. The van der Waals surface area contributed by atoms with Crippen LogP contribution in [-0.4, -0.2) is 19.5 Å². The normalized spacial score (nSPS) is 10.0. The zero-order chi connectivity index (χ0) is 11.1. The Hall–Kier alpha value is -1.35. The third kappa shape index (κ3) is 3.72. The van der Waals surface area contributed by atoms with Crippen LogP contribution in [0.2, 0.25) is 0 Å². The largest absolute Gasteiger partial charge is 0.355 e. The van der Waals surface area contributed by atoms with Crippen molar-refractivity contribution in [2.75, 3.05) is 13.6 Å². The van der Waals surface area contributed by atoms with E-state index in [-0.39, 0.29) is 5.91 Å². The minimum absolute atomic E-state index is 0.0384. The van der Waals surface area contributed by atoms with E-state index in [1.54, 1.807) is 7.05 Å². The number of carbonyl (C=O) groups is 1. The molecule has 0 fully saturated rings. The highest BCUT2D eigenvalue weighted by molar-refractivity contribution is 5.93. The summed E-state index contributed by atoms with van der Waals surface area (Å²) in [5.41, 5.74) is 7.39. The fraction of sp³-hybridized carbons (Fsp3) is 0.417. The maximum absolute atomic E-state index is 11.3. The Kier molecular flexibility index (Phi) is 4.84. The summed E-state index contributed by atoms with van der Waals surface area (Å²) in [6.07, 6.45) is 3.19. The average Bonchev–Trinajstić information content (AvgIpc) is 2.29. The summed E-state index contributed by atoms with van der Waals surface area (Å²) in [6, 6.07) is 7.72. The van der Waals surface area contributed by atoms with Crippen molar-refractivity contribution in [1.82, 2.24) is 5.32 Å². The highest BCUT2D eigenvalue weighted by atomic mass is 16.1. The van der Waals surface area contributed by atoms with E-state index in [4.69, 9.17) is 5.73 Å². The van der Waals surface area contributed by atoms with Gasteiger partial charge in [0.1, 0.15) is 0 Å². The van der Waals surface area contributed by atoms with Gasteiger partial charge in [0.15, 0.2) is 0 Å². The fourth-order valence-electron chi connectivity index (χ4n) is 1.44. The maximum Gasteiger partial charge on any atom is 0.251 e. The molecule has 1 aromatic carbocycles. The molecule has 3 nitrogen and oxygen atoms in total. The topological polar surface area (TPSA) is 55.1 Å². The molecule has 0 aromatic heterocycles. The van der Waals surface area contributed by atoms with Crippen LogP contribution in [0.4, 0.5) is 0 Å². The highest BCUT2D eigenvalue weighted by Gasteiger charge is 2.01. The van der Waals surface area contributed by atoms with Crippen molar-refractivity contribution in [2.45, 2.75) is 19.3 Å². The van der Waals surface area contributed by atoms with Gasteiger partial charge >= 0.3 is 0 Å². The predicted octanol–water partition coefficient (Wildman–Crippen LogP) is 1.33. The van der Waals surface area contributed by atoms with Crippen LogP contribution < -0.4 is 11.1 Å². The quantitative estimate of drug-likeness (QED) is 0.714. The van der Waals surface area contributed by atoms with E-state index >= 15 is 0 Å². The van der Waals surface area contributed by atoms with Crippen LogP contribution in [0.15, 0.2) is 24.3 Å². The van der Waals surface area contributed by atoms with Crippen molar-refractivity contribution in [2.24, 2.45) is 5.73 Å². The summed E-state index contributed by atoms with van der Waals surface area (Å²) < 4.78 is 0. The average molecular weight is 206 g/mol. The SMILES string of the molecule is CNC(=O)c1ccc(CCCCN)cc1. The van der Waals surface area contributed by atoms with Gasteiger partial charge < -0.3 is 11.1 Å². The highest BCUT2D eigenvalue weighted by Crippen LogP contribution is 2.07. The summed E-state index contributed by atoms with van der Waals surface area (Å²) in [7, 11) is 1.64. The lowest BCUT2D eigenvalue weighted by atomic mass is 10.1. The standard InChI is InChI=1S/C12H18N2O/c1-14-12(15)11-7-5-10(6-8-11)4-2-3-9-13/h5-8H,2-4,9,13H2,1H3,(H,14,15). The number of nitrogens with two attached hydrogens (primary N) is 1. The number of amides is 1. The second-order valence-corrected chi connectivity index (χ2v) is 3.52. The number of hydrogen-bond donors (Lipinski definition) is 2. The first-order valence-electron chi connectivity index (χ1n) is 5.29. The number of hydrogen-bond acceptors (Lipinski definition) is 2. The van der Waals surface area contributed by atoms with Crippen molar-refractivity contribution in [3.8, 4) is 0 Å². The van der Waals surface area contributed by atoms with E-state index in [0.717, 1.165) is 25.8 Å². The number of carbonyl (C=O) groups excluding carboxylic acids is 1. The van der Waals surface area contributed by atoms with Gasteiger partial charge in [-0.15, -0.1) is 0 Å². The van der Waals surface area contributed by atoms with Gasteiger partial charge in [-0.3, -0.25) is 4.79 Å². The van der Waals surface area contributed by atoms with Crippen molar-refractivity contribution >= 4 is 5.91 Å². The number of unbranched alkanes of at least 4 members (excludes halogenated alkanes) is 1. The Labute approximate surface area is 90.7 Å². The lowest BCUT2D eigenvalue weighted by Crippen LogP contribution is -2.17. The molecule has 0 saturated heterocycles. The summed E-state index contributed by atoms with van der Waals surface area (Å²) in [4.78, 5) is 11.3. The molecule has 0 aliphatic heterocycles. The van der Waals surface area contributed by atoms with Crippen molar-refractivity contribution in [3.63, 3.8) is 0 Å². The van der Waals surface area contributed by atoms with E-state index < -0.39 is 0 Å². The van der Waals surface area contributed by atoms with Gasteiger partial charge in [-0.05, 0) is 43.5 Å². The minimum atomic E-state index is -0.0384. The molecule has 0 unspecified atom stereocenters. The molecule has 1 amide bonds. The van der Waals surface area contributed by atoms with Gasteiger partial charge in [-0.25, -0.2) is 0 Å². The number of aryl methyl sites for hydroxylation is 1. The first kappa shape index (κ1) is 11.7. The third-order valence-electron chi connectivity index (χ3n) is 2.36. The predicted molar refractivity (Wildman–Crippen MR) is 61.8 cm³/mol. The molecule has 0 spiro atoms. The van der Waals surface area contributed by atoms with Crippen LogP contribution in [-0.2, 0) is 6.42 Å². The van der Waals surface area contributed by atoms with E-state index in [0.29, 0.717) is 5.56 Å². The van der Waals surface area contributed by atoms with Gasteiger partial charge in [-0.1, -0.05) is 12.1 Å². The van der Waals surface area contributed by atoms with Gasteiger partial charge in [0.25, 0.3) is 5.91 Å². The minimum Gasteiger partial charge on any atom is -0.355 e.